The van der Waals surface area contributed by atoms with Crippen LogP contribution in [0.25, 0.3) is 0 Å². The molecule has 0 aliphatic heterocycles. The molecule has 1 atom stereocenters. The van der Waals surface area contributed by atoms with E-state index in [0.717, 1.165) is 9.64 Å². The van der Waals surface area contributed by atoms with Gasteiger partial charge in [0.2, 0.25) is 0 Å². The number of nitrogens with one attached hydrogen (secondary N) is 1. The average Bonchev–Trinajstić information content (AvgIpc) is 2.63. The van der Waals surface area contributed by atoms with Gasteiger partial charge in [0, 0.05) is 29.5 Å². The van der Waals surface area contributed by atoms with E-state index in [1.165, 1.54) is 19.2 Å². The molecule has 0 unspecified atom stereocenters. The van der Waals surface area contributed by atoms with Crippen molar-refractivity contribution in [1.82, 2.24) is 5.32 Å². The molecule has 2 aromatic carbocycles. The Bertz CT molecular complexity index is 817. The molecule has 0 aliphatic rings. The van der Waals surface area contributed by atoms with E-state index in [1.807, 2.05) is 22.6 Å². The molecule has 1 amide bonds. The first-order chi connectivity index (χ1) is 12.8. The Morgan fingerprint density at radius 1 is 1.26 bits per heavy atom. The number of aliphatic hydroxyl groups is 2. The topological polar surface area (TPSA) is 78.8 Å². The Balaban J connectivity index is 2.38. The number of rotatable bonds is 8. The molecule has 146 valence electrons. The number of carbonyl (C=O) groups excluding carboxylic acids is 1. The van der Waals surface area contributed by atoms with Gasteiger partial charge in [0.15, 0.2) is 0 Å². The zero-order chi connectivity index (χ0) is 20.0. The van der Waals surface area contributed by atoms with Crippen molar-refractivity contribution in [3.8, 4) is 5.75 Å². The van der Waals surface area contributed by atoms with Crippen LogP contribution in [0.15, 0.2) is 30.3 Å². The van der Waals surface area contributed by atoms with Gasteiger partial charge in [-0.1, -0.05) is 6.07 Å². The highest BCUT2D eigenvalue weighted by atomic mass is 127. The molecular weight excluding hydrogens is 471 g/mol. The maximum atomic E-state index is 14.2. The molecule has 0 radical (unpaired) electrons. The van der Waals surface area contributed by atoms with E-state index in [4.69, 9.17) is 9.84 Å². The van der Waals surface area contributed by atoms with Crippen LogP contribution in [-0.4, -0.2) is 42.5 Å². The average molecular weight is 491 g/mol. The molecule has 27 heavy (non-hydrogen) atoms. The van der Waals surface area contributed by atoms with Crippen LogP contribution in [0.3, 0.4) is 0 Å². The van der Waals surface area contributed by atoms with Gasteiger partial charge in [0.1, 0.15) is 17.4 Å². The van der Waals surface area contributed by atoms with Gasteiger partial charge >= 0.3 is 0 Å². The highest BCUT2D eigenvalue weighted by Crippen LogP contribution is 2.28. The molecule has 0 fully saturated rings. The van der Waals surface area contributed by atoms with E-state index in [2.05, 4.69) is 5.32 Å². The molecule has 0 spiro atoms. The summed E-state index contributed by atoms with van der Waals surface area (Å²) in [7, 11) is 1.43. The smallest absolute Gasteiger partial charge is 0.255 e. The zero-order valence-electron chi connectivity index (χ0n) is 14.6. The fraction of sp³-hybridized carbons (Fsp3) is 0.316. The third-order valence-corrected chi connectivity index (χ3v) is 4.59. The van der Waals surface area contributed by atoms with Crippen molar-refractivity contribution in [1.29, 1.82) is 0 Å². The summed E-state index contributed by atoms with van der Waals surface area (Å²) in [5.41, 5.74) is 0.718. The third kappa shape index (κ3) is 5.85. The van der Waals surface area contributed by atoms with Gasteiger partial charge < -0.3 is 20.3 Å². The van der Waals surface area contributed by atoms with Gasteiger partial charge in [0.05, 0.1) is 24.9 Å². The van der Waals surface area contributed by atoms with Gasteiger partial charge in [-0.05, 0) is 51.9 Å². The monoisotopic (exact) mass is 491 g/mol. The van der Waals surface area contributed by atoms with Gasteiger partial charge in [-0.3, -0.25) is 4.79 Å². The van der Waals surface area contributed by atoms with Crippen molar-refractivity contribution in [2.45, 2.75) is 18.9 Å². The lowest BCUT2D eigenvalue weighted by atomic mass is 9.97. The zero-order valence-corrected chi connectivity index (χ0v) is 16.8. The second-order valence-corrected chi connectivity index (χ2v) is 7.15. The van der Waals surface area contributed by atoms with E-state index < -0.39 is 30.3 Å². The number of halogens is 3. The van der Waals surface area contributed by atoms with E-state index in [-0.39, 0.29) is 36.3 Å². The molecule has 0 saturated heterocycles. The summed E-state index contributed by atoms with van der Waals surface area (Å²) in [6.45, 7) is -0.446. The second-order valence-electron chi connectivity index (χ2n) is 5.90. The van der Waals surface area contributed by atoms with Crippen LogP contribution >= 0.6 is 22.6 Å². The lowest BCUT2D eigenvalue weighted by molar-refractivity contribution is 0.0750. The SMILES string of the molecule is CNC(=O)c1c(Cc2ccc(I)cc2F)cc(F)cc1OCC[C@@H](O)CO. The highest BCUT2D eigenvalue weighted by Gasteiger charge is 2.20. The maximum absolute atomic E-state index is 14.2. The minimum atomic E-state index is -0.970. The molecule has 0 bridgehead atoms. The molecule has 0 saturated carbocycles. The number of amides is 1. The van der Waals surface area contributed by atoms with Crippen molar-refractivity contribution in [3.05, 3.63) is 62.2 Å². The molecule has 2 aromatic rings. The fourth-order valence-corrected chi connectivity index (χ4v) is 2.99. The van der Waals surface area contributed by atoms with Crippen molar-refractivity contribution in [2.75, 3.05) is 20.3 Å². The Morgan fingerprint density at radius 2 is 2.00 bits per heavy atom. The third-order valence-electron chi connectivity index (χ3n) is 3.92. The van der Waals surface area contributed by atoms with Gasteiger partial charge in [0.25, 0.3) is 5.91 Å². The van der Waals surface area contributed by atoms with Crippen LogP contribution in [0, 0.1) is 15.2 Å². The Labute approximate surface area is 169 Å². The van der Waals surface area contributed by atoms with Crippen molar-refractivity contribution < 1.29 is 28.5 Å². The first-order valence-corrected chi connectivity index (χ1v) is 9.33. The minimum Gasteiger partial charge on any atom is -0.493 e. The predicted molar refractivity (Wildman–Crippen MR) is 105 cm³/mol. The summed E-state index contributed by atoms with van der Waals surface area (Å²) >= 11 is 1.99. The first kappa shape index (κ1) is 21.5. The standard InChI is InChI=1S/C19H20F2INO4/c1-23-19(26)18-12(6-11-2-3-14(22)9-16(11)21)7-13(20)8-17(18)27-5-4-15(25)10-24/h2-3,7-9,15,24-25H,4-6,10H2,1H3,(H,23,26)/t15-/m1/s1. The second kappa shape index (κ2) is 9.95. The Hall–Kier alpha value is -1.78. The summed E-state index contributed by atoms with van der Waals surface area (Å²) in [6, 6.07) is 6.93. The van der Waals surface area contributed by atoms with Crippen LogP contribution in [0.5, 0.6) is 5.75 Å². The maximum Gasteiger partial charge on any atom is 0.255 e. The van der Waals surface area contributed by atoms with Crippen LogP contribution in [-0.2, 0) is 6.42 Å². The lowest BCUT2D eigenvalue weighted by Crippen LogP contribution is -2.22. The molecule has 0 aliphatic carbocycles. The largest absolute Gasteiger partial charge is 0.493 e. The van der Waals surface area contributed by atoms with E-state index >= 15 is 0 Å². The summed E-state index contributed by atoms with van der Waals surface area (Å²) < 4.78 is 34.5. The van der Waals surface area contributed by atoms with Gasteiger partial charge in [-0.2, -0.15) is 0 Å². The number of hydrogen-bond acceptors (Lipinski definition) is 4. The van der Waals surface area contributed by atoms with E-state index in [0.29, 0.717) is 5.56 Å². The van der Waals surface area contributed by atoms with Gasteiger partial charge in [-0.25, -0.2) is 8.78 Å². The number of ether oxygens (including phenoxy) is 1. The highest BCUT2D eigenvalue weighted by molar-refractivity contribution is 14.1. The molecule has 0 aromatic heterocycles. The van der Waals surface area contributed by atoms with Crippen LogP contribution in [0.1, 0.15) is 27.9 Å². The van der Waals surface area contributed by atoms with E-state index in [9.17, 15) is 18.7 Å². The fourth-order valence-electron chi connectivity index (χ4n) is 2.54. The number of hydrogen-bond donors (Lipinski definition) is 3. The van der Waals surface area contributed by atoms with Crippen LogP contribution < -0.4 is 10.1 Å². The molecule has 0 heterocycles. The first-order valence-electron chi connectivity index (χ1n) is 8.25. The normalized spacial score (nSPS) is 11.9. The molecular formula is C19H20F2INO4. The molecule has 8 heteroatoms. The lowest BCUT2D eigenvalue weighted by Gasteiger charge is -2.16. The quantitative estimate of drug-likeness (QED) is 0.497. The van der Waals surface area contributed by atoms with Crippen LogP contribution in [0.4, 0.5) is 8.78 Å². The van der Waals surface area contributed by atoms with Crippen LogP contribution in [0.2, 0.25) is 0 Å². The Kier molecular flexibility index (Phi) is 7.93. The number of benzene rings is 2. The van der Waals surface area contributed by atoms with Crippen molar-refractivity contribution in [3.63, 3.8) is 0 Å². The van der Waals surface area contributed by atoms with Crippen molar-refractivity contribution >= 4 is 28.5 Å². The minimum absolute atomic E-state index is 0.000379. The van der Waals surface area contributed by atoms with Gasteiger partial charge in [-0.15, -0.1) is 0 Å². The summed E-state index contributed by atoms with van der Waals surface area (Å²) in [5, 5.41) is 20.7. The number of aliphatic hydroxyl groups excluding tert-OH is 2. The molecule has 3 N–H and O–H groups in total. The predicted octanol–water partition coefficient (Wildman–Crippen LogP) is 2.64. The molecule has 2 rings (SSSR count). The van der Waals surface area contributed by atoms with E-state index in [1.54, 1.807) is 12.1 Å². The summed E-state index contributed by atoms with van der Waals surface area (Å²) in [5.74, 6) is -1.56. The number of carbonyl (C=O) groups is 1. The summed E-state index contributed by atoms with van der Waals surface area (Å²) in [4.78, 5) is 12.4. The summed E-state index contributed by atoms with van der Waals surface area (Å²) in [6.07, 6.45) is -0.845. The molecule has 5 nitrogen and oxygen atoms in total. The Morgan fingerprint density at radius 3 is 2.63 bits per heavy atom. The van der Waals surface area contributed by atoms with Crippen molar-refractivity contribution in [2.24, 2.45) is 0 Å².